The number of carbonyl (C=O) groups is 1. The fourth-order valence-corrected chi connectivity index (χ4v) is 7.38. The lowest BCUT2D eigenvalue weighted by Gasteiger charge is -2.50. The molecule has 36 heavy (non-hydrogen) atoms. The summed E-state index contributed by atoms with van der Waals surface area (Å²) in [6, 6.07) is 20.6. The van der Waals surface area contributed by atoms with Crippen LogP contribution in [0.1, 0.15) is 61.0 Å². The molecule has 2 fully saturated rings. The van der Waals surface area contributed by atoms with E-state index >= 15 is 0 Å². The zero-order valence-electron chi connectivity index (χ0n) is 20.9. The summed E-state index contributed by atoms with van der Waals surface area (Å²) >= 11 is 0. The molecule has 1 amide bonds. The predicted molar refractivity (Wildman–Crippen MR) is 137 cm³/mol. The molecule has 3 aliphatic carbocycles. The second-order valence-corrected chi connectivity index (χ2v) is 11.2. The van der Waals surface area contributed by atoms with Crippen LogP contribution in [0, 0.1) is 23.2 Å². The Morgan fingerprint density at radius 1 is 1.14 bits per heavy atom. The van der Waals surface area contributed by atoms with E-state index < -0.39 is 6.10 Å². The van der Waals surface area contributed by atoms with Crippen LogP contribution in [0.2, 0.25) is 0 Å². The minimum atomic E-state index is -0.602. The van der Waals surface area contributed by atoms with Crippen LogP contribution < -0.4 is 10.1 Å². The largest absolute Gasteiger partial charge is 0.489 e. The van der Waals surface area contributed by atoms with Crippen molar-refractivity contribution in [1.82, 2.24) is 5.32 Å². The van der Waals surface area contributed by atoms with Gasteiger partial charge in [0, 0.05) is 0 Å². The van der Waals surface area contributed by atoms with Gasteiger partial charge in [-0.2, -0.15) is 0 Å². The average Bonchev–Trinajstić information content (AvgIpc) is 3.52. The Balaban J connectivity index is 1.15. The first kappa shape index (κ1) is 23.4. The first-order valence-electron chi connectivity index (χ1n) is 13.3. The number of aryl methyl sites for hydroxylation is 1. The zero-order chi connectivity index (χ0) is 24.7. The number of hydrogen-bond acceptors (Lipinski definition) is 4. The van der Waals surface area contributed by atoms with Gasteiger partial charge in [-0.1, -0.05) is 43.3 Å². The van der Waals surface area contributed by atoms with Crippen LogP contribution in [0.15, 0.2) is 71.3 Å². The third-order valence-electron chi connectivity index (χ3n) is 9.30. The first-order chi connectivity index (χ1) is 17.5. The minimum Gasteiger partial charge on any atom is -0.489 e. The molecule has 188 valence electrons. The number of ether oxygens (including phenoxy) is 1. The summed E-state index contributed by atoms with van der Waals surface area (Å²) in [5.41, 5.74) is 3.81. The Morgan fingerprint density at radius 2 is 2.00 bits per heavy atom. The number of hydrogen-bond donors (Lipinski definition) is 2. The van der Waals surface area contributed by atoms with Gasteiger partial charge in [-0.3, -0.25) is 4.79 Å². The van der Waals surface area contributed by atoms with Crippen LogP contribution in [-0.4, -0.2) is 17.1 Å². The first-order valence-corrected chi connectivity index (χ1v) is 13.3. The molecule has 3 aromatic rings. The van der Waals surface area contributed by atoms with E-state index in [2.05, 4.69) is 42.6 Å². The molecule has 0 aliphatic heterocycles. The molecule has 0 radical (unpaired) electrons. The van der Waals surface area contributed by atoms with Crippen molar-refractivity contribution in [2.45, 2.75) is 64.2 Å². The van der Waals surface area contributed by atoms with Crippen molar-refractivity contribution in [1.29, 1.82) is 0 Å². The summed E-state index contributed by atoms with van der Waals surface area (Å²) in [7, 11) is 0. The molecule has 1 heterocycles. The van der Waals surface area contributed by atoms with Gasteiger partial charge < -0.3 is 19.6 Å². The number of rotatable bonds is 6. The van der Waals surface area contributed by atoms with E-state index in [-0.39, 0.29) is 17.2 Å². The molecule has 2 N–H and O–H groups in total. The highest BCUT2D eigenvalue weighted by molar-refractivity contribution is 5.79. The molecule has 5 heteroatoms. The van der Waals surface area contributed by atoms with Gasteiger partial charge in [-0.15, -0.1) is 0 Å². The molecule has 6 atom stereocenters. The maximum atomic E-state index is 13.1. The molecule has 1 unspecified atom stereocenters. The van der Waals surface area contributed by atoms with Gasteiger partial charge in [-0.05, 0) is 96.2 Å². The van der Waals surface area contributed by atoms with Crippen LogP contribution in [-0.2, 0) is 24.4 Å². The molecule has 5 nitrogen and oxygen atoms in total. The number of carbonyl (C=O) groups excluding carboxylic acids is 1. The third-order valence-corrected chi connectivity index (χ3v) is 9.30. The van der Waals surface area contributed by atoms with Crippen LogP contribution in [0.5, 0.6) is 5.75 Å². The number of fused-ring (bicyclic) bond motifs is 5. The fraction of sp³-hybridized carbons (Fsp3) is 0.452. The van der Waals surface area contributed by atoms with Gasteiger partial charge in [-0.25, -0.2) is 0 Å². The summed E-state index contributed by atoms with van der Waals surface area (Å²) in [4.78, 5) is 13.1. The lowest BCUT2D eigenvalue weighted by Crippen LogP contribution is -2.45. The summed E-state index contributed by atoms with van der Waals surface area (Å²) in [6.45, 7) is 3.16. The molecule has 0 saturated heterocycles. The van der Waals surface area contributed by atoms with Gasteiger partial charge >= 0.3 is 0 Å². The topological polar surface area (TPSA) is 71.7 Å². The number of amides is 1. The average molecular weight is 486 g/mol. The fourth-order valence-electron chi connectivity index (χ4n) is 7.38. The number of benzene rings is 2. The van der Waals surface area contributed by atoms with Crippen LogP contribution in [0.4, 0.5) is 0 Å². The molecule has 2 aromatic carbocycles. The lowest BCUT2D eigenvalue weighted by molar-refractivity contribution is -0.129. The number of aliphatic hydroxyl groups is 1. The van der Waals surface area contributed by atoms with E-state index in [0.717, 1.165) is 43.6 Å². The molecule has 3 aliphatic rings. The highest BCUT2D eigenvalue weighted by Crippen LogP contribution is 2.62. The van der Waals surface area contributed by atoms with Crippen molar-refractivity contribution >= 4 is 5.91 Å². The van der Waals surface area contributed by atoms with Gasteiger partial charge in [0.05, 0.1) is 24.8 Å². The maximum absolute atomic E-state index is 13.1. The Morgan fingerprint density at radius 3 is 2.81 bits per heavy atom. The van der Waals surface area contributed by atoms with Gasteiger partial charge in [0.25, 0.3) is 0 Å². The number of nitrogens with one attached hydrogen (secondary N) is 1. The molecule has 0 spiro atoms. The Bertz CT molecular complexity index is 1210. The molecular weight excluding hydrogens is 450 g/mol. The number of aliphatic hydroxyl groups excluding tert-OH is 1. The molecule has 6 rings (SSSR count). The number of furan rings is 1. The van der Waals surface area contributed by atoms with E-state index in [1.165, 1.54) is 16.7 Å². The maximum Gasteiger partial charge on any atom is 0.226 e. The van der Waals surface area contributed by atoms with Crippen LogP contribution in [0.25, 0.3) is 0 Å². The minimum absolute atomic E-state index is 0.0532. The second kappa shape index (κ2) is 9.44. The van der Waals surface area contributed by atoms with Crippen molar-refractivity contribution < 1.29 is 19.1 Å². The Kier molecular flexibility index (Phi) is 6.12. The van der Waals surface area contributed by atoms with E-state index in [1.54, 1.807) is 6.26 Å². The molecule has 0 bridgehead atoms. The third kappa shape index (κ3) is 4.13. The zero-order valence-corrected chi connectivity index (χ0v) is 20.9. The summed E-state index contributed by atoms with van der Waals surface area (Å²) < 4.78 is 11.5. The van der Waals surface area contributed by atoms with Crippen molar-refractivity contribution in [3.63, 3.8) is 0 Å². The Labute approximate surface area is 212 Å². The van der Waals surface area contributed by atoms with E-state index in [1.807, 2.05) is 30.3 Å². The van der Waals surface area contributed by atoms with Gasteiger partial charge in [0.1, 0.15) is 18.1 Å². The highest BCUT2D eigenvalue weighted by Gasteiger charge is 2.59. The highest BCUT2D eigenvalue weighted by atomic mass is 16.5. The van der Waals surface area contributed by atoms with E-state index in [9.17, 15) is 9.90 Å². The summed E-state index contributed by atoms with van der Waals surface area (Å²) in [5.74, 6) is 2.60. The van der Waals surface area contributed by atoms with Crippen molar-refractivity contribution in [3.8, 4) is 5.75 Å². The molecular formula is C31H35NO4. The van der Waals surface area contributed by atoms with Crippen LogP contribution >= 0.6 is 0 Å². The molecule has 1 aromatic heterocycles. The summed E-state index contributed by atoms with van der Waals surface area (Å²) in [5, 5.41) is 14.3. The standard InChI is InChI=1S/C31H35NO4/c1-31-14-13-25-24-12-10-22(36-19-20-6-3-2-4-7-20)16-21(24)9-11-26(25)28(31)17-27(29(31)33)30(34)32-18-23-8-5-15-35-23/h2-8,10,12,15-16,25-29,33H,9,11,13-14,17-19H2,1H3,(H,32,34)/t25-,26-,27?,28+,29+,31+/m1/s1. The van der Waals surface area contributed by atoms with Crippen molar-refractivity contribution in [3.05, 3.63) is 89.4 Å². The van der Waals surface area contributed by atoms with Crippen molar-refractivity contribution in [2.75, 3.05) is 0 Å². The SMILES string of the molecule is C[C@]12CC[C@@H]3c4ccc(OCc5ccccc5)cc4CC[C@H]3[C@@H]1CC(C(=O)NCc1ccco1)[C@@H]2O. The van der Waals surface area contributed by atoms with E-state index in [0.29, 0.717) is 30.9 Å². The summed E-state index contributed by atoms with van der Waals surface area (Å²) in [6.07, 6.45) is 5.91. The monoisotopic (exact) mass is 485 g/mol. The van der Waals surface area contributed by atoms with Gasteiger partial charge in [0.15, 0.2) is 0 Å². The van der Waals surface area contributed by atoms with Crippen molar-refractivity contribution in [2.24, 2.45) is 23.2 Å². The normalized spacial score (nSPS) is 30.7. The second-order valence-electron chi connectivity index (χ2n) is 11.2. The predicted octanol–water partition coefficient (Wildman–Crippen LogP) is 5.62. The van der Waals surface area contributed by atoms with E-state index in [4.69, 9.17) is 9.15 Å². The molecule has 2 saturated carbocycles. The van der Waals surface area contributed by atoms with Gasteiger partial charge in [0.2, 0.25) is 5.91 Å². The smallest absolute Gasteiger partial charge is 0.226 e. The quantitative estimate of drug-likeness (QED) is 0.476. The Hall–Kier alpha value is -3.05. The van der Waals surface area contributed by atoms with Crippen LogP contribution in [0.3, 0.4) is 0 Å². The lowest BCUT2D eigenvalue weighted by atomic mass is 9.55.